The summed E-state index contributed by atoms with van der Waals surface area (Å²) in [5.74, 6) is -0.0815. The molecular weight excluding hydrogens is 264 g/mol. The maximum atomic E-state index is 12.3. The summed E-state index contributed by atoms with van der Waals surface area (Å²) in [6.45, 7) is 2.99. The van der Waals surface area contributed by atoms with Crippen molar-refractivity contribution in [3.8, 4) is 0 Å². The summed E-state index contributed by atoms with van der Waals surface area (Å²) in [5, 5.41) is 6.58. The summed E-state index contributed by atoms with van der Waals surface area (Å²) in [6, 6.07) is 3.40. The molecule has 1 heterocycles. The molecule has 5 nitrogen and oxygen atoms in total. The van der Waals surface area contributed by atoms with Gasteiger partial charge in [-0.15, -0.1) is 0 Å². The summed E-state index contributed by atoms with van der Waals surface area (Å²) in [5.41, 5.74) is 12.7. The SMILES string of the molecule is C[C@@]1(C(=O)Nc2ccc(Cl)c(CN)c2N)CCCN1. The van der Waals surface area contributed by atoms with Crippen LogP contribution in [0.1, 0.15) is 25.3 Å². The number of hydrogen-bond acceptors (Lipinski definition) is 4. The number of carbonyl (C=O) groups is 1. The van der Waals surface area contributed by atoms with Gasteiger partial charge in [0.25, 0.3) is 0 Å². The fourth-order valence-electron chi connectivity index (χ4n) is 2.30. The number of halogens is 1. The van der Waals surface area contributed by atoms with Crippen LogP contribution in [-0.2, 0) is 11.3 Å². The Kier molecular flexibility index (Phi) is 3.99. The molecule has 0 aromatic heterocycles. The minimum atomic E-state index is -0.533. The lowest BCUT2D eigenvalue weighted by Crippen LogP contribution is -2.48. The van der Waals surface area contributed by atoms with Gasteiger partial charge in [0, 0.05) is 17.1 Å². The molecule has 1 aliphatic heterocycles. The molecule has 104 valence electrons. The van der Waals surface area contributed by atoms with E-state index in [0.29, 0.717) is 22.0 Å². The highest BCUT2D eigenvalue weighted by molar-refractivity contribution is 6.32. The maximum Gasteiger partial charge on any atom is 0.244 e. The summed E-state index contributed by atoms with van der Waals surface area (Å²) in [4.78, 5) is 12.3. The number of amides is 1. The molecule has 2 rings (SSSR count). The first-order valence-corrected chi connectivity index (χ1v) is 6.69. The zero-order valence-corrected chi connectivity index (χ0v) is 11.7. The van der Waals surface area contributed by atoms with Gasteiger partial charge in [0.2, 0.25) is 5.91 Å². The molecule has 1 atom stereocenters. The minimum absolute atomic E-state index is 0.0815. The quantitative estimate of drug-likeness (QED) is 0.632. The number of benzene rings is 1. The van der Waals surface area contributed by atoms with Crippen LogP contribution < -0.4 is 22.1 Å². The van der Waals surface area contributed by atoms with Gasteiger partial charge in [0.05, 0.1) is 16.9 Å². The number of nitrogens with one attached hydrogen (secondary N) is 2. The van der Waals surface area contributed by atoms with E-state index in [9.17, 15) is 4.79 Å². The first-order chi connectivity index (χ1) is 8.98. The fourth-order valence-corrected chi connectivity index (χ4v) is 2.55. The zero-order valence-electron chi connectivity index (χ0n) is 10.9. The van der Waals surface area contributed by atoms with Crippen molar-refractivity contribution >= 4 is 28.9 Å². The van der Waals surface area contributed by atoms with Crippen LogP contribution in [0.5, 0.6) is 0 Å². The number of nitrogens with two attached hydrogens (primary N) is 2. The van der Waals surface area contributed by atoms with Crippen molar-refractivity contribution in [2.45, 2.75) is 31.8 Å². The van der Waals surface area contributed by atoms with Gasteiger partial charge in [-0.05, 0) is 38.4 Å². The third-order valence-electron chi connectivity index (χ3n) is 3.62. The molecule has 0 saturated carbocycles. The molecule has 0 unspecified atom stereocenters. The first-order valence-electron chi connectivity index (χ1n) is 6.31. The minimum Gasteiger partial charge on any atom is -0.397 e. The predicted octanol–water partition coefficient (Wildman–Crippen LogP) is 1.46. The summed E-state index contributed by atoms with van der Waals surface area (Å²) < 4.78 is 0. The van der Waals surface area contributed by atoms with Crippen LogP contribution >= 0.6 is 11.6 Å². The van der Waals surface area contributed by atoms with Gasteiger partial charge in [-0.1, -0.05) is 11.6 Å². The molecule has 1 aromatic carbocycles. The van der Waals surface area contributed by atoms with Crippen LogP contribution in [0.4, 0.5) is 11.4 Å². The van der Waals surface area contributed by atoms with Crippen LogP contribution in [0.15, 0.2) is 12.1 Å². The molecule has 1 fully saturated rings. The number of carbonyl (C=O) groups excluding carboxylic acids is 1. The zero-order chi connectivity index (χ0) is 14.0. The highest BCUT2D eigenvalue weighted by Gasteiger charge is 2.36. The standard InChI is InChI=1S/C13H19ClN4O/c1-13(5-2-6-17-13)12(19)18-10-4-3-9(14)8(7-15)11(10)16/h3-4,17H,2,5-7,15-16H2,1H3,(H,18,19)/t13-/m0/s1. The average molecular weight is 283 g/mol. The van der Waals surface area contributed by atoms with E-state index in [4.69, 9.17) is 23.1 Å². The molecule has 6 heteroatoms. The first kappa shape index (κ1) is 14.1. The van der Waals surface area contributed by atoms with Crippen LogP contribution in [0.25, 0.3) is 0 Å². The molecule has 0 bridgehead atoms. The van der Waals surface area contributed by atoms with E-state index in [-0.39, 0.29) is 12.5 Å². The fraction of sp³-hybridized carbons (Fsp3) is 0.462. The Bertz CT molecular complexity index is 498. The second-order valence-electron chi connectivity index (χ2n) is 5.01. The van der Waals surface area contributed by atoms with Gasteiger partial charge in [-0.3, -0.25) is 4.79 Å². The van der Waals surface area contributed by atoms with Crippen LogP contribution in [-0.4, -0.2) is 18.0 Å². The Morgan fingerprint density at radius 2 is 2.32 bits per heavy atom. The Morgan fingerprint density at radius 3 is 2.89 bits per heavy atom. The van der Waals surface area contributed by atoms with E-state index >= 15 is 0 Å². The second kappa shape index (κ2) is 5.36. The highest BCUT2D eigenvalue weighted by atomic mass is 35.5. The second-order valence-corrected chi connectivity index (χ2v) is 5.42. The molecule has 1 aromatic rings. The van der Waals surface area contributed by atoms with Gasteiger partial charge < -0.3 is 22.1 Å². The Morgan fingerprint density at radius 1 is 1.58 bits per heavy atom. The summed E-state index contributed by atoms with van der Waals surface area (Å²) >= 11 is 6.01. The highest BCUT2D eigenvalue weighted by Crippen LogP contribution is 2.30. The van der Waals surface area contributed by atoms with Crippen molar-refractivity contribution in [1.82, 2.24) is 5.32 Å². The van der Waals surface area contributed by atoms with E-state index in [0.717, 1.165) is 19.4 Å². The molecule has 0 radical (unpaired) electrons. The van der Waals surface area contributed by atoms with Crippen LogP contribution in [0.3, 0.4) is 0 Å². The van der Waals surface area contributed by atoms with Gasteiger partial charge in [-0.25, -0.2) is 0 Å². The van der Waals surface area contributed by atoms with Crippen LogP contribution in [0, 0.1) is 0 Å². The van der Waals surface area contributed by atoms with Crippen molar-refractivity contribution in [3.63, 3.8) is 0 Å². The van der Waals surface area contributed by atoms with Gasteiger partial charge >= 0.3 is 0 Å². The third-order valence-corrected chi connectivity index (χ3v) is 3.98. The predicted molar refractivity (Wildman–Crippen MR) is 78.0 cm³/mol. The van der Waals surface area contributed by atoms with E-state index in [2.05, 4.69) is 10.6 Å². The molecule has 0 spiro atoms. The molecule has 0 aliphatic carbocycles. The molecule has 1 saturated heterocycles. The van der Waals surface area contributed by atoms with Gasteiger partial charge in [0.1, 0.15) is 0 Å². The Labute approximate surface area is 117 Å². The van der Waals surface area contributed by atoms with Crippen LogP contribution in [0.2, 0.25) is 5.02 Å². The molecule has 1 amide bonds. The number of hydrogen-bond donors (Lipinski definition) is 4. The van der Waals surface area contributed by atoms with E-state index < -0.39 is 5.54 Å². The van der Waals surface area contributed by atoms with E-state index in [1.54, 1.807) is 12.1 Å². The topological polar surface area (TPSA) is 93.2 Å². The lowest BCUT2D eigenvalue weighted by atomic mass is 9.99. The molecular formula is C13H19ClN4O. The lowest BCUT2D eigenvalue weighted by molar-refractivity contribution is -0.121. The van der Waals surface area contributed by atoms with Crippen molar-refractivity contribution in [3.05, 3.63) is 22.7 Å². The smallest absolute Gasteiger partial charge is 0.244 e. The number of nitrogen functional groups attached to an aromatic ring is 1. The Hall–Kier alpha value is -1.30. The number of anilines is 2. The largest absolute Gasteiger partial charge is 0.397 e. The van der Waals surface area contributed by atoms with Gasteiger partial charge in [-0.2, -0.15) is 0 Å². The van der Waals surface area contributed by atoms with Crippen molar-refractivity contribution in [1.29, 1.82) is 0 Å². The maximum absolute atomic E-state index is 12.3. The lowest BCUT2D eigenvalue weighted by Gasteiger charge is -2.24. The monoisotopic (exact) mass is 282 g/mol. The van der Waals surface area contributed by atoms with E-state index in [1.807, 2.05) is 6.92 Å². The van der Waals surface area contributed by atoms with Crippen molar-refractivity contribution in [2.24, 2.45) is 5.73 Å². The number of rotatable bonds is 3. The van der Waals surface area contributed by atoms with Gasteiger partial charge in [0.15, 0.2) is 0 Å². The molecule has 1 aliphatic rings. The summed E-state index contributed by atoms with van der Waals surface area (Å²) in [6.07, 6.45) is 1.81. The molecule has 19 heavy (non-hydrogen) atoms. The molecule has 6 N–H and O–H groups in total. The van der Waals surface area contributed by atoms with Crippen molar-refractivity contribution in [2.75, 3.05) is 17.6 Å². The third kappa shape index (κ3) is 2.68. The Balaban J connectivity index is 2.22. The van der Waals surface area contributed by atoms with E-state index in [1.165, 1.54) is 0 Å². The van der Waals surface area contributed by atoms with Crippen molar-refractivity contribution < 1.29 is 4.79 Å². The normalized spacial score (nSPS) is 22.5. The average Bonchev–Trinajstić information content (AvgIpc) is 2.82. The summed E-state index contributed by atoms with van der Waals surface area (Å²) in [7, 11) is 0.